The normalized spacial score (nSPS) is 15.9. The Morgan fingerprint density at radius 2 is 1.74 bits per heavy atom. The van der Waals surface area contributed by atoms with E-state index in [4.69, 9.17) is 0 Å². The Morgan fingerprint density at radius 1 is 1.00 bits per heavy atom. The van der Waals surface area contributed by atoms with Gasteiger partial charge in [-0.15, -0.1) is 11.3 Å². The molecule has 1 N–H and O–H groups in total. The zero-order valence-electron chi connectivity index (χ0n) is 12.9. The van der Waals surface area contributed by atoms with Gasteiger partial charge >= 0.3 is 0 Å². The van der Waals surface area contributed by atoms with Crippen molar-refractivity contribution in [3.05, 3.63) is 58.3 Å². The number of rotatable bonds is 4. The molecule has 23 heavy (non-hydrogen) atoms. The topological polar surface area (TPSA) is 49.4 Å². The molecule has 3 rings (SSSR count). The molecule has 1 aromatic carbocycles. The maximum absolute atomic E-state index is 12.9. The number of amides is 2. The van der Waals surface area contributed by atoms with Gasteiger partial charge in [-0.05, 0) is 36.3 Å². The summed E-state index contributed by atoms with van der Waals surface area (Å²) in [6, 6.07) is 12.5. The number of nitrogens with one attached hydrogen (secondary N) is 1. The number of hydrogen-bond acceptors (Lipinski definition) is 3. The summed E-state index contributed by atoms with van der Waals surface area (Å²) in [6.07, 6.45) is 3.24. The number of piperidine rings is 1. The minimum Gasteiger partial charge on any atom is -0.341 e. The van der Waals surface area contributed by atoms with Gasteiger partial charge in [-0.25, -0.2) is 0 Å². The largest absolute Gasteiger partial charge is 0.341 e. The molecule has 0 bridgehead atoms. The van der Waals surface area contributed by atoms with Crippen LogP contribution in [0.3, 0.4) is 0 Å². The van der Waals surface area contributed by atoms with Crippen LogP contribution in [0.25, 0.3) is 0 Å². The van der Waals surface area contributed by atoms with E-state index in [1.54, 1.807) is 6.07 Å². The maximum Gasteiger partial charge on any atom is 0.262 e. The van der Waals surface area contributed by atoms with Crippen molar-refractivity contribution in [2.45, 2.75) is 25.3 Å². The van der Waals surface area contributed by atoms with Crippen molar-refractivity contribution >= 4 is 23.2 Å². The lowest BCUT2D eigenvalue weighted by atomic mass is 10.0. The zero-order valence-corrected chi connectivity index (χ0v) is 13.7. The molecule has 1 saturated heterocycles. The van der Waals surface area contributed by atoms with E-state index in [2.05, 4.69) is 5.32 Å². The molecule has 120 valence electrons. The van der Waals surface area contributed by atoms with E-state index >= 15 is 0 Å². The maximum atomic E-state index is 12.9. The van der Waals surface area contributed by atoms with Crippen molar-refractivity contribution in [1.82, 2.24) is 10.2 Å². The molecule has 1 fully saturated rings. The fourth-order valence-electron chi connectivity index (χ4n) is 2.84. The summed E-state index contributed by atoms with van der Waals surface area (Å²) in [5.41, 5.74) is 0.827. The van der Waals surface area contributed by atoms with Gasteiger partial charge in [0.25, 0.3) is 5.91 Å². The van der Waals surface area contributed by atoms with Crippen molar-refractivity contribution < 1.29 is 9.59 Å². The zero-order chi connectivity index (χ0) is 16.1. The number of carbonyl (C=O) groups is 2. The van der Waals surface area contributed by atoms with Gasteiger partial charge in [-0.1, -0.05) is 36.4 Å². The molecule has 0 saturated carbocycles. The van der Waals surface area contributed by atoms with E-state index in [0.717, 1.165) is 31.5 Å². The first kappa shape index (κ1) is 15.7. The van der Waals surface area contributed by atoms with Crippen LogP contribution in [0.5, 0.6) is 0 Å². The van der Waals surface area contributed by atoms with Crippen molar-refractivity contribution in [3.8, 4) is 0 Å². The Kier molecular flexibility index (Phi) is 5.08. The van der Waals surface area contributed by atoms with Crippen molar-refractivity contribution in [2.75, 3.05) is 13.1 Å². The molecule has 5 heteroatoms. The minimum absolute atomic E-state index is 0.0131. The highest BCUT2D eigenvalue weighted by Crippen LogP contribution is 2.20. The monoisotopic (exact) mass is 328 g/mol. The third-order valence-electron chi connectivity index (χ3n) is 4.07. The Labute approximate surface area is 140 Å². The van der Waals surface area contributed by atoms with Crippen LogP contribution in [-0.4, -0.2) is 29.8 Å². The van der Waals surface area contributed by atoms with Crippen LogP contribution < -0.4 is 5.32 Å². The van der Waals surface area contributed by atoms with Gasteiger partial charge in [0.15, 0.2) is 0 Å². The molecule has 0 spiro atoms. The van der Waals surface area contributed by atoms with Crippen LogP contribution in [0.1, 0.15) is 40.5 Å². The van der Waals surface area contributed by atoms with Crippen LogP contribution in [0.2, 0.25) is 0 Å². The predicted octanol–water partition coefficient (Wildman–Crippen LogP) is 3.23. The Bertz CT molecular complexity index is 649. The molecule has 1 unspecified atom stereocenters. The van der Waals surface area contributed by atoms with Gasteiger partial charge in [-0.2, -0.15) is 0 Å². The molecule has 4 nitrogen and oxygen atoms in total. The summed E-state index contributed by atoms with van der Waals surface area (Å²) in [4.78, 5) is 27.8. The van der Waals surface area contributed by atoms with Crippen molar-refractivity contribution in [1.29, 1.82) is 0 Å². The first-order valence-corrected chi connectivity index (χ1v) is 8.82. The van der Waals surface area contributed by atoms with Gasteiger partial charge in [-0.3, -0.25) is 9.59 Å². The van der Waals surface area contributed by atoms with E-state index in [1.165, 1.54) is 17.8 Å². The number of benzene rings is 1. The average Bonchev–Trinajstić information content (AvgIpc) is 3.15. The number of likely N-dealkylation sites (tertiary alicyclic amines) is 1. The highest BCUT2D eigenvalue weighted by molar-refractivity contribution is 7.12. The van der Waals surface area contributed by atoms with Crippen molar-refractivity contribution in [2.24, 2.45) is 0 Å². The van der Waals surface area contributed by atoms with E-state index in [1.807, 2.05) is 46.7 Å². The van der Waals surface area contributed by atoms with Gasteiger partial charge < -0.3 is 10.2 Å². The quantitative estimate of drug-likeness (QED) is 0.937. The second-order valence-electron chi connectivity index (χ2n) is 5.68. The second kappa shape index (κ2) is 7.42. The van der Waals surface area contributed by atoms with Crippen molar-refractivity contribution in [3.63, 3.8) is 0 Å². The fraction of sp³-hybridized carbons (Fsp3) is 0.333. The minimum atomic E-state index is -0.621. The number of carbonyl (C=O) groups excluding carboxylic acids is 2. The molecule has 2 heterocycles. The van der Waals surface area contributed by atoms with E-state index in [9.17, 15) is 9.59 Å². The van der Waals surface area contributed by atoms with Crippen LogP contribution in [0.4, 0.5) is 0 Å². The third-order valence-corrected chi connectivity index (χ3v) is 4.94. The van der Waals surface area contributed by atoms with Crippen LogP contribution in [0.15, 0.2) is 47.8 Å². The molecular formula is C18H20N2O2S. The Morgan fingerprint density at radius 3 is 2.39 bits per heavy atom. The van der Waals surface area contributed by atoms with E-state index in [0.29, 0.717) is 4.88 Å². The summed E-state index contributed by atoms with van der Waals surface area (Å²) < 4.78 is 0. The Hall–Kier alpha value is -2.14. The van der Waals surface area contributed by atoms with Gasteiger partial charge in [0.2, 0.25) is 5.91 Å². The molecule has 2 aromatic rings. The summed E-state index contributed by atoms with van der Waals surface area (Å²) >= 11 is 1.38. The molecular weight excluding hydrogens is 308 g/mol. The lowest BCUT2D eigenvalue weighted by molar-refractivity contribution is -0.134. The first-order chi connectivity index (χ1) is 11.3. The number of nitrogens with zero attached hydrogens (tertiary/aromatic N) is 1. The summed E-state index contributed by atoms with van der Waals surface area (Å²) in [5.74, 6) is -0.208. The highest BCUT2D eigenvalue weighted by Gasteiger charge is 2.28. The summed E-state index contributed by atoms with van der Waals surface area (Å²) in [5, 5.41) is 4.77. The molecule has 1 aliphatic heterocycles. The molecule has 0 aliphatic carbocycles. The summed E-state index contributed by atoms with van der Waals surface area (Å²) in [6.45, 7) is 1.55. The summed E-state index contributed by atoms with van der Waals surface area (Å²) in [7, 11) is 0. The predicted molar refractivity (Wildman–Crippen MR) is 91.4 cm³/mol. The molecule has 1 atom stereocenters. The standard InChI is InChI=1S/C18H20N2O2S/c21-17(15-10-7-13-23-15)19-16(14-8-3-1-4-9-14)18(22)20-11-5-2-6-12-20/h1,3-4,7-10,13,16H,2,5-6,11-12H2,(H,19,21). The first-order valence-electron chi connectivity index (χ1n) is 7.94. The van der Waals surface area contributed by atoms with Crippen LogP contribution in [-0.2, 0) is 4.79 Å². The van der Waals surface area contributed by atoms with E-state index in [-0.39, 0.29) is 11.8 Å². The molecule has 1 aromatic heterocycles. The SMILES string of the molecule is O=C(NC(C(=O)N1CCCCC1)c1ccccc1)c1cccs1. The number of hydrogen-bond donors (Lipinski definition) is 1. The Balaban J connectivity index is 1.81. The van der Waals surface area contributed by atoms with Gasteiger partial charge in [0, 0.05) is 13.1 Å². The third kappa shape index (κ3) is 3.79. The van der Waals surface area contributed by atoms with E-state index < -0.39 is 6.04 Å². The van der Waals surface area contributed by atoms with Gasteiger partial charge in [0.1, 0.15) is 6.04 Å². The molecule has 2 amide bonds. The number of thiophene rings is 1. The second-order valence-corrected chi connectivity index (χ2v) is 6.63. The smallest absolute Gasteiger partial charge is 0.262 e. The van der Waals surface area contributed by atoms with Crippen LogP contribution in [0, 0.1) is 0 Å². The lowest BCUT2D eigenvalue weighted by Gasteiger charge is -2.31. The lowest BCUT2D eigenvalue weighted by Crippen LogP contribution is -2.44. The molecule has 1 aliphatic rings. The average molecular weight is 328 g/mol. The molecule has 0 radical (unpaired) electrons. The van der Waals surface area contributed by atoms with Crippen LogP contribution >= 0.6 is 11.3 Å². The van der Waals surface area contributed by atoms with Gasteiger partial charge in [0.05, 0.1) is 4.88 Å². The fourth-order valence-corrected chi connectivity index (χ4v) is 3.47. The highest BCUT2D eigenvalue weighted by atomic mass is 32.1.